The molecule has 0 aliphatic rings. The third-order valence-electron chi connectivity index (χ3n) is 2.85. The Hall–Kier alpha value is -0.520. The molecule has 0 fully saturated rings. The van der Waals surface area contributed by atoms with Gasteiger partial charge in [-0.2, -0.15) is 0 Å². The van der Waals surface area contributed by atoms with Gasteiger partial charge in [-0.05, 0) is 29.7 Å². The van der Waals surface area contributed by atoms with Crippen LogP contribution in [-0.2, 0) is 0 Å². The topological polar surface area (TPSA) is 0 Å². The summed E-state index contributed by atoms with van der Waals surface area (Å²) in [7, 11) is 0. The van der Waals surface area contributed by atoms with E-state index >= 15 is 0 Å². The molecule has 88 valence electrons. The standard InChI is InChI=1S/C15H28/c1-9-12(14(3,4)5)11-13(10-2)15(6,7)8/h9,11H,10H2,1-8H3/b12-9+,13-11+. The van der Waals surface area contributed by atoms with Crippen LogP contribution in [-0.4, -0.2) is 0 Å². The molecule has 0 radical (unpaired) electrons. The van der Waals surface area contributed by atoms with Gasteiger partial charge in [-0.1, -0.05) is 66.2 Å². The van der Waals surface area contributed by atoms with Gasteiger partial charge in [0, 0.05) is 0 Å². The summed E-state index contributed by atoms with van der Waals surface area (Å²) in [4.78, 5) is 0. The van der Waals surface area contributed by atoms with E-state index < -0.39 is 0 Å². The molecule has 0 amide bonds. The molecule has 0 aliphatic carbocycles. The van der Waals surface area contributed by atoms with Crippen LogP contribution in [0.25, 0.3) is 0 Å². The third-order valence-corrected chi connectivity index (χ3v) is 2.85. The lowest BCUT2D eigenvalue weighted by Gasteiger charge is -2.26. The van der Waals surface area contributed by atoms with E-state index in [1.807, 2.05) is 0 Å². The lowest BCUT2D eigenvalue weighted by Crippen LogP contribution is -2.13. The van der Waals surface area contributed by atoms with E-state index in [1.54, 1.807) is 0 Å². The average Bonchev–Trinajstić information content (AvgIpc) is 2.01. The fourth-order valence-corrected chi connectivity index (χ4v) is 1.77. The Morgan fingerprint density at radius 3 is 1.60 bits per heavy atom. The molecular formula is C15H28. The Labute approximate surface area is 96.5 Å². The molecule has 0 aromatic rings. The lowest BCUT2D eigenvalue weighted by atomic mass is 9.79. The SMILES string of the molecule is C/C=C(\C=C(/CC)C(C)(C)C)C(C)(C)C. The maximum absolute atomic E-state index is 2.39. The number of hydrogen-bond donors (Lipinski definition) is 0. The number of allylic oxidation sites excluding steroid dienone is 4. The second kappa shape index (κ2) is 5.01. The van der Waals surface area contributed by atoms with Crippen LogP contribution >= 0.6 is 0 Å². The van der Waals surface area contributed by atoms with Gasteiger partial charge in [-0.3, -0.25) is 0 Å². The molecule has 0 unspecified atom stereocenters. The van der Waals surface area contributed by atoms with Crippen molar-refractivity contribution in [1.82, 2.24) is 0 Å². The summed E-state index contributed by atoms with van der Waals surface area (Å²) in [5, 5.41) is 0. The van der Waals surface area contributed by atoms with Crippen molar-refractivity contribution in [2.24, 2.45) is 10.8 Å². The van der Waals surface area contributed by atoms with Crippen molar-refractivity contribution in [3.05, 3.63) is 23.3 Å². The van der Waals surface area contributed by atoms with Gasteiger partial charge in [0.15, 0.2) is 0 Å². The first-order valence-corrected chi connectivity index (χ1v) is 6.00. The van der Waals surface area contributed by atoms with E-state index in [0.29, 0.717) is 0 Å². The Morgan fingerprint density at radius 1 is 0.933 bits per heavy atom. The van der Waals surface area contributed by atoms with Gasteiger partial charge in [0.2, 0.25) is 0 Å². The van der Waals surface area contributed by atoms with Gasteiger partial charge in [0.1, 0.15) is 0 Å². The van der Waals surface area contributed by atoms with Gasteiger partial charge in [-0.25, -0.2) is 0 Å². The number of hydrogen-bond acceptors (Lipinski definition) is 0. The smallest absolute Gasteiger partial charge is 0.0135 e. The minimum Gasteiger partial charge on any atom is -0.0839 e. The Balaban J connectivity index is 5.17. The summed E-state index contributed by atoms with van der Waals surface area (Å²) in [6.07, 6.45) is 5.76. The zero-order valence-corrected chi connectivity index (χ0v) is 11.9. The lowest BCUT2D eigenvalue weighted by molar-refractivity contribution is 0.477. The molecule has 0 aromatic heterocycles. The molecule has 0 saturated heterocycles. The Bertz CT molecular complexity index is 251. The van der Waals surface area contributed by atoms with Crippen molar-refractivity contribution in [3.63, 3.8) is 0 Å². The van der Waals surface area contributed by atoms with Crippen LogP contribution in [0.3, 0.4) is 0 Å². The quantitative estimate of drug-likeness (QED) is 0.536. The monoisotopic (exact) mass is 208 g/mol. The minimum absolute atomic E-state index is 0.250. The van der Waals surface area contributed by atoms with E-state index in [-0.39, 0.29) is 10.8 Å². The highest BCUT2D eigenvalue weighted by Crippen LogP contribution is 2.33. The molecule has 0 saturated carbocycles. The molecule has 15 heavy (non-hydrogen) atoms. The fourth-order valence-electron chi connectivity index (χ4n) is 1.77. The maximum atomic E-state index is 2.39. The van der Waals surface area contributed by atoms with Crippen LogP contribution < -0.4 is 0 Å². The van der Waals surface area contributed by atoms with Crippen molar-refractivity contribution in [2.75, 3.05) is 0 Å². The van der Waals surface area contributed by atoms with Crippen LogP contribution in [0.15, 0.2) is 23.3 Å². The Morgan fingerprint density at radius 2 is 1.40 bits per heavy atom. The average molecular weight is 208 g/mol. The predicted molar refractivity (Wildman–Crippen MR) is 71.0 cm³/mol. The van der Waals surface area contributed by atoms with Gasteiger partial charge >= 0.3 is 0 Å². The van der Waals surface area contributed by atoms with Crippen molar-refractivity contribution in [2.45, 2.75) is 61.8 Å². The predicted octanol–water partition coefficient (Wildman–Crippen LogP) is 5.36. The molecular weight excluding hydrogens is 180 g/mol. The number of rotatable bonds is 2. The van der Waals surface area contributed by atoms with Crippen molar-refractivity contribution in [3.8, 4) is 0 Å². The highest BCUT2D eigenvalue weighted by atomic mass is 14.2. The zero-order chi connectivity index (χ0) is 12.3. The first kappa shape index (κ1) is 14.5. The van der Waals surface area contributed by atoms with E-state index in [9.17, 15) is 0 Å². The fraction of sp³-hybridized carbons (Fsp3) is 0.733. The van der Waals surface area contributed by atoms with Gasteiger partial charge in [0.25, 0.3) is 0 Å². The molecule has 0 atom stereocenters. The van der Waals surface area contributed by atoms with E-state index in [0.717, 1.165) is 6.42 Å². The molecule has 0 heterocycles. The first-order valence-electron chi connectivity index (χ1n) is 6.00. The molecule has 0 N–H and O–H groups in total. The molecule has 0 nitrogen and oxygen atoms in total. The summed E-state index contributed by atoms with van der Waals surface area (Å²) in [6, 6.07) is 0. The van der Waals surface area contributed by atoms with Gasteiger partial charge in [0.05, 0.1) is 0 Å². The van der Waals surface area contributed by atoms with Crippen LogP contribution in [0.5, 0.6) is 0 Å². The van der Waals surface area contributed by atoms with Gasteiger partial charge in [-0.15, -0.1) is 0 Å². The van der Waals surface area contributed by atoms with E-state index in [4.69, 9.17) is 0 Å². The van der Waals surface area contributed by atoms with Crippen LogP contribution in [0.1, 0.15) is 61.8 Å². The molecule has 0 aliphatic heterocycles. The highest BCUT2D eigenvalue weighted by Gasteiger charge is 2.19. The van der Waals surface area contributed by atoms with Crippen LogP contribution in [0.4, 0.5) is 0 Å². The largest absolute Gasteiger partial charge is 0.0839 e. The van der Waals surface area contributed by atoms with Crippen LogP contribution in [0.2, 0.25) is 0 Å². The second-order valence-electron chi connectivity index (χ2n) is 6.27. The molecule has 0 bridgehead atoms. The Kier molecular flexibility index (Phi) is 4.83. The molecule has 0 heteroatoms. The van der Waals surface area contributed by atoms with Gasteiger partial charge < -0.3 is 0 Å². The summed E-state index contributed by atoms with van der Waals surface area (Å²) < 4.78 is 0. The van der Waals surface area contributed by atoms with E-state index in [2.05, 4.69) is 67.5 Å². The summed E-state index contributed by atoms with van der Waals surface area (Å²) in [6.45, 7) is 18.1. The highest BCUT2D eigenvalue weighted by molar-refractivity contribution is 5.30. The second-order valence-corrected chi connectivity index (χ2v) is 6.27. The molecule has 0 spiro atoms. The molecule has 0 aromatic carbocycles. The molecule has 0 rings (SSSR count). The first-order chi connectivity index (χ1) is 6.62. The third kappa shape index (κ3) is 4.68. The van der Waals surface area contributed by atoms with E-state index in [1.165, 1.54) is 11.1 Å². The maximum Gasteiger partial charge on any atom is -0.0135 e. The van der Waals surface area contributed by atoms with Crippen molar-refractivity contribution < 1.29 is 0 Å². The zero-order valence-electron chi connectivity index (χ0n) is 11.9. The summed E-state index contributed by atoms with van der Waals surface area (Å²) in [5.41, 5.74) is 3.51. The normalized spacial score (nSPS) is 15.7. The summed E-state index contributed by atoms with van der Waals surface area (Å²) >= 11 is 0. The summed E-state index contributed by atoms with van der Waals surface area (Å²) in [5.74, 6) is 0. The van der Waals surface area contributed by atoms with Crippen LogP contribution in [0, 0.1) is 10.8 Å². The van der Waals surface area contributed by atoms with Crippen molar-refractivity contribution >= 4 is 0 Å². The minimum atomic E-state index is 0.250. The van der Waals surface area contributed by atoms with Crippen molar-refractivity contribution in [1.29, 1.82) is 0 Å².